The van der Waals surface area contributed by atoms with Crippen LogP contribution in [-0.2, 0) is 4.74 Å². The van der Waals surface area contributed by atoms with Gasteiger partial charge in [0.1, 0.15) is 5.15 Å². The summed E-state index contributed by atoms with van der Waals surface area (Å²) < 4.78 is 4.86. The molecule has 2 heterocycles. The molecule has 0 saturated carbocycles. The molecular formula is C19H11ClN2O4. The molecule has 0 aliphatic heterocycles. The predicted octanol–water partition coefficient (Wildman–Crippen LogP) is 3.36. The van der Waals surface area contributed by atoms with Crippen LogP contribution in [0.15, 0.2) is 67.1 Å². The van der Waals surface area contributed by atoms with Crippen molar-refractivity contribution < 1.29 is 19.1 Å². The van der Waals surface area contributed by atoms with Crippen molar-refractivity contribution in [2.24, 2.45) is 0 Å². The van der Waals surface area contributed by atoms with Crippen molar-refractivity contribution in [2.75, 3.05) is 0 Å². The molecule has 0 aliphatic rings. The van der Waals surface area contributed by atoms with E-state index < -0.39 is 17.7 Å². The van der Waals surface area contributed by atoms with Gasteiger partial charge in [0.25, 0.3) is 0 Å². The lowest BCUT2D eigenvalue weighted by atomic mass is 9.99. The van der Waals surface area contributed by atoms with Crippen molar-refractivity contribution in [3.05, 3.63) is 94.5 Å². The standard InChI is InChI=1S/C19H11ClN2O4/c20-17-15(8-4-10-22-17)19(25)26-18(24)14-7-2-1-6-13(14)16(23)12-5-3-9-21-11-12/h1-11H. The first-order valence-corrected chi connectivity index (χ1v) is 7.86. The monoisotopic (exact) mass is 366 g/mol. The third-order valence-corrected chi connectivity index (χ3v) is 3.78. The highest BCUT2D eigenvalue weighted by atomic mass is 35.5. The lowest BCUT2D eigenvalue weighted by Gasteiger charge is -2.08. The van der Waals surface area contributed by atoms with Crippen molar-refractivity contribution >= 4 is 29.3 Å². The summed E-state index contributed by atoms with van der Waals surface area (Å²) in [6, 6.07) is 12.1. The fraction of sp³-hybridized carbons (Fsp3) is 0. The van der Waals surface area contributed by atoms with Gasteiger partial charge in [-0.3, -0.25) is 9.78 Å². The molecule has 26 heavy (non-hydrogen) atoms. The highest BCUT2D eigenvalue weighted by Crippen LogP contribution is 2.18. The average Bonchev–Trinajstić information content (AvgIpc) is 2.68. The van der Waals surface area contributed by atoms with Crippen LogP contribution < -0.4 is 0 Å². The Balaban J connectivity index is 1.88. The van der Waals surface area contributed by atoms with Gasteiger partial charge in [0.2, 0.25) is 0 Å². The zero-order chi connectivity index (χ0) is 18.5. The van der Waals surface area contributed by atoms with E-state index in [1.165, 1.54) is 42.9 Å². The van der Waals surface area contributed by atoms with E-state index in [2.05, 4.69) is 9.97 Å². The smallest absolute Gasteiger partial charge is 0.349 e. The number of ether oxygens (including phenoxy) is 1. The Kier molecular flexibility index (Phi) is 5.15. The molecule has 0 fully saturated rings. The Bertz CT molecular complexity index is 990. The van der Waals surface area contributed by atoms with Crippen LogP contribution in [0.1, 0.15) is 36.6 Å². The minimum absolute atomic E-state index is 0.0327. The summed E-state index contributed by atoms with van der Waals surface area (Å²) >= 11 is 5.83. The molecule has 0 aliphatic carbocycles. The fourth-order valence-corrected chi connectivity index (χ4v) is 2.44. The van der Waals surface area contributed by atoms with Gasteiger partial charge < -0.3 is 4.74 Å². The SMILES string of the molecule is O=C(OC(=O)c1cccnc1Cl)c1ccccc1C(=O)c1cccnc1. The number of ketones is 1. The van der Waals surface area contributed by atoms with Gasteiger partial charge in [-0.05, 0) is 30.3 Å². The van der Waals surface area contributed by atoms with E-state index >= 15 is 0 Å². The van der Waals surface area contributed by atoms with Crippen molar-refractivity contribution in [2.45, 2.75) is 0 Å². The number of esters is 2. The number of nitrogens with zero attached hydrogens (tertiary/aromatic N) is 2. The number of carbonyl (C=O) groups excluding carboxylic acids is 3. The highest BCUT2D eigenvalue weighted by molar-refractivity contribution is 6.32. The molecule has 2 aromatic heterocycles. The maximum absolute atomic E-state index is 12.6. The molecule has 3 rings (SSSR count). The number of rotatable bonds is 4. The maximum atomic E-state index is 12.6. The fourth-order valence-electron chi connectivity index (χ4n) is 2.24. The van der Waals surface area contributed by atoms with Gasteiger partial charge in [-0.25, -0.2) is 14.6 Å². The number of halogens is 1. The molecule has 128 valence electrons. The Morgan fingerprint density at radius 2 is 1.46 bits per heavy atom. The van der Waals surface area contributed by atoms with Gasteiger partial charge in [0, 0.05) is 29.7 Å². The molecule has 0 bridgehead atoms. The van der Waals surface area contributed by atoms with Crippen LogP contribution in [0.3, 0.4) is 0 Å². The second-order valence-electron chi connectivity index (χ2n) is 5.14. The van der Waals surface area contributed by atoms with Crippen LogP contribution in [0.25, 0.3) is 0 Å². The van der Waals surface area contributed by atoms with E-state index in [0.717, 1.165) is 0 Å². The van der Waals surface area contributed by atoms with Crippen molar-refractivity contribution in [1.29, 1.82) is 0 Å². The topological polar surface area (TPSA) is 86.2 Å². The summed E-state index contributed by atoms with van der Waals surface area (Å²) in [5.74, 6) is -2.31. The second-order valence-corrected chi connectivity index (χ2v) is 5.49. The summed E-state index contributed by atoms with van der Waals surface area (Å²) in [6.07, 6.45) is 4.33. The molecule has 7 heteroatoms. The summed E-state index contributed by atoms with van der Waals surface area (Å²) in [4.78, 5) is 44.8. The van der Waals surface area contributed by atoms with Gasteiger partial charge in [0.15, 0.2) is 5.78 Å². The largest absolute Gasteiger partial charge is 0.386 e. The lowest BCUT2D eigenvalue weighted by molar-refractivity contribution is 0.0396. The third-order valence-electron chi connectivity index (χ3n) is 3.48. The molecule has 0 spiro atoms. The number of aromatic nitrogens is 2. The van der Waals surface area contributed by atoms with Gasteiger partial charge in [-0.15, -0.1) is 0 Å². The van der Waals surface area contributed by atoms with E-state index in [1.807, 2.05) is 0 Å². The molecule has 0 saturated heterocycles. The predicted molar refractivity (Wildman–Crippen MR) is 93.1 cm³/mol. The zero-order valence-electron chi connectivity index (χ0n) is 13.3. The number of pyridine rings is 2. The Labute approximate surface area is 153 Å². The number of carbonyl (C=O) groups is 3. The number of hydrogen-bond donors (Lipinski definition) is 0. The molecule has 1 aromatic carbocycles. The molecule has 0 radical (unpaired) electrons. The van der Waals surface area contributed by atoms with Crippen molar-refractivity contribution in [3.63, 3.8) is 0 Å². The van der Waals surface area contributed by atoms with Crippen molar-refractivity contribution in [3.8, 4) is 0 Å². The van der Waals surface area contributed by atoms with Crippen LogP contribution in [0.2, 0.25) is 5.15 Å². The van der Waals surface area contributed by atoms with Gasteiger partial charge >= 0.3 is 11.9 Å². The molecule has 0 atom stereocenters. The van der Waals surface area contributed by atoms with Crippen molar-refractivity contribution in [1.82, 2.24) is 9.97 Å². The average molecular weight is 367 g/mol. The second kappa shape index (κ2) is 7.67. The van der Waals surface area contributed by atoms with E-state index in [0.29, 0.717) is 5.56 Å². The summed E-state index contributed by atoms with van der Waals surface area (Å²) in [5, 5.41) is -0.0787. The minimum atomic E-state index is -0.956. The van der Waals surface area contributed by atoms with E-state index in [9.17, 15) is 14.4 Å². The summed E-state index contributed by atoms with van der Waals surface area (Å²) in [5.41, 5.74) is 0.346. The zero-order valence-corrected chi connectivity index (χ0v) is 14.0. The first kappa shape index (κ1) is 17.4. The van der Waals surface area contributed by atoms with Gasteiger partial charge in [-0.1, -0.05) is 29.8 Å². The Morgan fingerprint density at radius 1 is 0.808 bits per heavy atom. The molecule has 0 N–H and O–H groups in total. The highest BCUT2D eigenvalue weighted by Gasteiger charge is 2.23. The first-order chi connectivity index (χ1) is 12.6. The van der Waals surface area contributed by atoms with Crippen LogP contribution in [0, 0.1) is 0 Å². The Morgan fingerprint density at radius 3 is 2.15 bits per heavy atom. The summed E-state index contributed by atoms with van der Waals surface area (Å²) in [6.45, 7) is 0. The van der Waals surface area contributed by atoms with Gasteiger partial charge in [0.05, 0.1) is 11.1 Å². The van der Waals surface area contributed by atoms with Crippen LogP contribution in [0.5, 0.6) is 0 Å². The third kappa shape index (κ3) is 3.65. The lowest BCUT2D eigenvalue weighted by Crippen LogP contribution is -2.17. The van der Waals surface area contributed by atoms with Crippen LogP contribution >= 0.6 is 11.6 Å². The quantitative estimate of drug-likeness (QED) is 0.304. The molecule has 3 aromatic rings. The van der Waals surface area contributed by atoms with Crippen LogP contribution in [-0.4, -0.2) is 27.7 Å². The molecular weight excluding hydrogens is 356 g/mol. The molecule has 0 unspecified atom stereocenters. The minimum Gasteiger partial charge on any atom is -0.386 e. The number of hydrogen-bond acceptors (Lipinski definition) is 6. The first-order valence-electron chi connectivity index (χ1n) is 7.48. The molecule has 0 amide bonds. The van der Waals surface area contributed by atoms with E-state index in [4.69, 9.17) is 16.3 Å². The molecule has 6 nitrogen and oxygen atoms in total. The van der Waals surface area contributed by atoms with E-state index in [-0.39, 0.29) is 21.8 Å². The number of benzene rings is 1. The van der Waals surface area contributed by atoms with Gasteiger partial charge in [-0.2, -0.15) is 0 Å². The Hall–Kier alpha value is -3.38. The summed E-state index contributed by atoms with van der Waals surface area (Å²) in [7, 11) is 0. The normalized spacial score (nSPS) is 10.2. The van der Waals surface area contributed by atoms with E-state index in [1.54, 1.807) is 24.3 Å². The van der Waals surface area contributed by atoms with Crippen LogP contribution in [0.4, 0.5) is 0 Å². The maximum Gasteiger partial charge on any atom is 0.349 e.